The zero-order chi connectivity index (χ0) is 41.6. The normalized spacial score (nSPS) is 12.5. The summed E-state index contributed by atoms with van der Waals surface area (Å²) in [6, 6.07) is 86.4. The molecule has 0 bridgehead atoms. The highest BCUT2D eigenvalue weighted by Crippen LogP contribution is 2.53. The number of anilines is 3. The van der Waals surface area contributed by atoms with Gasteiger partial charge in [-0.25, -0.2) is 0 Å². The molecule has 0 atom stereocenters. The van der Waals surface area contributed by atoms with E-state index in [1.807, 2.05) is 0 Å². The highest BCUT2D eigenvalue weighted by molar-refractivity contribution is 6.07. The molecule has 0 heterocycles. The molecule has 11 rings (SSSR count). The van der Waals surface area contributed by atoms with Gasteiger partial charge in [-0.3, -0.25) is 0 Å². The van der Waals surface area contributed by atoms with E-state index in [9.17, 15) is 0 Å². The first-order valence-corrected chi connectivity index (χ1v) is 21.6. The van der Waals surface area contributed by atoms with Crippen LogP contribution in [0.3, 0.4) is 0 Å². The van der Waals surface area contributed by atoms with E-state index < -0.39 is 0 Å². The lowest BCUT2D eigenvalue weighted by atomic mass is 9.81. The summed E-state index contributed by atoms with van der Waals surface area (Å²) in [5.41, 5.74) is 20.9. The Kier molecular flexibility index (Phi) is 9.24. The molecule has 1 aliphatic rings. The summed E-state index contributed by atoms with van der Waals surface area (Å²) >= 11 is 0. The number of hydrogen-bond acceptors (Lipinski definition) is 1. The monoisotopic (exact) mass is 791 g/mol. The average Bonchev–Trinajstić information content (AvgIpc) is 3.58. The minimum absolute atomic E-state index is 0.162. The molecule has 0 aliphatic heterocycles. The van der Waals surface area contributed by atoms with Crippen molar-refractivity contribution in [2.45, 2.75) is 19.3 Å². The summed E-state index contributed by atoms with van der Waals surface area (Å²) in [6.45, 7) is 4.77. The Morgan fingerprint density at radius 2 is 0.726 bits per heavy atom. The Morgan fingerprint density at radius 3 is 1.27 bits per heavy atom. The van der Waals surface area contributed by atoms with E-state index in [0.29, 0.717) is 0 Å². The summed E-state index contributed by atoms with van der Waals surface area (Å²) in [7, 11) is 0. The van der Waals surface area contributed by atoms with Crippen molar-refractivity contribution >= 4 is 27.8 Å². The molecule has 0 saturated carbocycles. The van der Waals surface area contributed by atoms with Crippen molar-refractivity contribution in [3.8, 4) is 66.8 Å². The third kappa shape index (κ3) is 6.51. The fraction of sp³-hybridized carbons (Fsp3) is 0.0492. The Bertz CT molecular complexity index is 3120. The van der Waals surface area contributed by atoms with Gasteiger partial charge in [-0.1, -0.05) is 214 Å². The van der Waals surface area contributed by atoms with E-state index in [1.54, 1.807) is 0 Å². The lowest BCUT2D eigenvalue weighted by Crippen LogP contribution is -2.15. The van der Waals surface area contributed by atoms with E-state index >= 15 is 0 Å². The lowest BCUT2D eigenvalue weighted by Gasteiger charge is -2.28. The van der Waals surface area contributed by atoms with Gasteiger partial charge in [-0.2, -0.15) is 0 Å². The van der Waals surface area contributed by atoms with Crippen molar-refractivity contribution in [2.24, 2.45) is 0 Å². The molecule has 10 aromatic carbocycles. The van der Waals surface area contributed by atoms with Gasteiger partial charge in [0.1, 0.15) is 0 Å². The van der Waals surface area contributed by atoms with Gasteiger partial charge < -0.3 is 4.90 Å². The molecule has 0 amide bonds. The van der Waals surface area contributed by atoms with Gasteiger partial charge in [0.05, 0.1) is 5.69 Å². The average molecular weight is 792 g/mol. The van der Waals surface area contributed by atoms with Crippen LogP contribution in [-0.4, -0.2) is 0 Å². The van der Waals surface area contributed by atoms with Crippen molar-refractivity contribution in [2.75, 3.05) is 4.90 Å². The summed E-state index contributed by atoms with van der Waals surface area (Å²) in [4.78, 5) is 2.41. The predicted molar refractivity (Wildman–Crippen MR) is 263 cm³/mol. The molecular weight excluding hydrogens is 747 g/mol. The minimum atomic E-state index is -0.162. The maximum atomic E-state index is 2.46. The predicted octanol–water partition coefficient (Wildman–Crippen LogP) is 17.0. The van der Waals surface area contributed by atoms with Crippen molar-refractivity contribution in [3.05, 3.63) is 248 Å². The summed E-state index contributed by atoms with van der Waals surface area (Å²) in [5.74, 6) is 0. The highest BCUT2D eigenvalue weighted by atomic mass is 15.1. The highest BCUT2D eigenvalue weighted by Gasteiger charge is 2.37. The standard InChI is InChI=1S/C61H45N/c1-61(2)57-24-14-23-53(48-27-25-45(26-28-48)42-15-6-3-7-16-42)60(57)56-38-33-49(41-58(56)61)52-39-40-59(55-22-13-12-21-54(52)55)62(50-34-29-46(30-35-50)43-17-8-4-9-18-43)51-36-31-47(32-37-51)44-19-10-5-11-20-44/h3-41H,1-2H3. The summed E-state index contributed by atoms with van der Waals surface area (Å²) in [6.07, 6.45) is 0. The second-order valence-electron chi connectivity index (χ2n) is 16.9. The Morgan fingerprint density at radius 1 is 0.290 bits per heavy atom. The molecule has 0 spiro atoms. The first-order chi connectivity index (χ1) is 30.5. The third-order valence-corrected chi connectivity index (χ3v) is 12.9. The van der Waals surface area contributed by atoms with Gasteiger partial charge in [0.25, 0.3) is 0 Å². The molecule has 1 heteroatoms. The van der Waals surface area contributed by atoms with Crippen molar-refractivity contribution < 1.29 is 0 Å². The number of fused-ring (bicyclic) bond motifs is 4. The number of benzene rings is 10. The molecule has 1 nitrogen and oxygen atoms in total. The van der Waals surface area contributed by atoms with Crippen molar-refractivity contribution in [3.63, 3.8) is 0 Å². The topological polar surface area (TPSA) is 3.24 Å². The van der Waals surface area contributed by atoms with Gasteiger partial charge in [0, 0.05) is 22.2 Å². The van der Waals surface area contributed by atoms with Crippen molar-refractivity contribution in [1.82, 2.24) is 0 Å². The molecule has 0 fully saturated rings. The molecule has 294 valence electrons. The van der Waals surface area contributed by atoms with Gasteiger partial charge in [-0.05, 0) is 120 Å². The van der Waals surface area contributed by atoms with Gasteiger partial charge in [0.15, 0.2) is 0 Å². The first-order valence-electron chi connectivity index (χ1n) is 21.6. The molecule has 0 N–H and O–H groups in total. The Labute approximate surface area is 364 Å². The quantitative estimate of drug-likeness (QED) is 0.148. The maximum Gasteiger partial charge on any atom is 0.0540 e. The number of hydrogen-bond donors (Lipinski definition) is 0. The Hall–Kier alpha value is -7.74. The van der Waals surface area contributed by atoms with E-state index in [-0.39, 0.29) is 5.41 Å². The van der Waals surface area contributed by atoms with Crippen LogP contribution in [0.15, 0.2) is 237 Å². The van der Waals surface area contributed by atoms with Crippen LogP contribution in [-0.2, 0) is 5.41 Å². The van der Waals surface area contributed by atoms with Crippen LogP contribution < -0.4 is 4.90 Å². The van der Waals surface area contributed by atoms with E-state index in [1.165, 1.54) is 88.7 Å². The largest absolute Gasteiger partial charge is 0.310 e. The molecular formula is C61H45N. The minimum Gasteiger partial charge on any atom is -0.310 e. The molecule has 10 aromatic rings. The van der Waals surface area contributed by atoms with E-state index in [4.69, 9.17) is 0 Å². The fourth-order valence-electron chi connectivity index (χ4n) is 9.69. The van der Waals surface area contributed by atoms with Crippen molar-refractivity contribution in [1.29, 1.82) is 0 Å². The third-order valence-electron chi connectivity index (χ3n) is 12.9. The zero-order valence-corrected chi connectivity index (χ0v) is 35.0. The maximum absolute atomic E-state index is 2.46. The summed E-state index contributed by atoms with van der Waals surface area (Å²) < 4.78 is 0. The van der Waals surface area contributed by atoms with Gasteiger partial charge in [-0.15, -0.1) is 0 Å². The lowest BCUT2D eigenvalue weighted by molar-refractivity contribution is 0.661. The number of nitrogens with zero attached hydrogens (tertiary/aromatic N) is 1. The summed E-state index contributed by atoms with van der Waals surface area (Å²) in [5, 5.41) is 2.43. The smallest absolute Gasteiger partial charge is 0.0540 e. The molecule has 0 unspecified atom stereocenters. The van der Waals surface area contributed by atoms with Crippen LogP contribution >= 0.6 is 0 Å². The first kappa shape index (κ1) is 37.3. The van der Waals surface area contributed by atoms with Crippen LogP contribution in [0.1, 0.15) is 25.0 Å². The molecule has 62 heavy (non-hydrogen) atoms. The fourth-order valence-corrected chi connectivity index (χ4v) is 9.69. The van der Waals surface area contributed by atoms with Crippen LogP contribution in [0.4, 0.5) is 17.1 Å². The molecule has 0 saturated heterocycles. The van der Waals surface area contributed by atoms with Crippen LogP contribution in [0.5, 0.6) is 0 Å². The van der Waals surface area contributed by atoms with Crippen LogP contribution in [0.25, 0.3) is 77.5 Å². The van der Waals surface area contributed by atoms with Crippen LogP contribution in [0, 0.1) is 0 Å². The second-order valence-corrected chi connectivity index (χ2v) is 16.9. The SMILES string of the molecule is CC1(C)c2cc(-c3ccc(N(c4ccc(-c5ccccc5)cc4)c4ccc(-c5ccccc5)cc4)c4ccccc34)ccc2-c2c(-c3ccc(-c4ccccc4)cc3)cccc21. The molecule has 0 aromatic heterocycles. The van der Waals surface area contributed by atoms with Gasteiger partial charge >= 0.3 is 0 Å². The molecule has 1 aliphatic carbocycles. The second kappa shape index (κ2) is 15.4. The molecule has 0 radical (unpaired) electrons. The number of rotatable bonds is 8. The van der Waals surface area contributed by atoms with E-state index in [0.717, 1.165) is 17.1 Å². The van der Waals surface area contributed by atoms with Crippen LogP contribution in [0.2, 0.25) is 0 Å². The van der Waals surface area contributed by atoms with E-state index in [2.05, 4.69) is 255 Å². The van der Waals surface area contributed by atoms with Gasteiger partial charge in [0.2, 0.25) is 0 Å². The Balaban J connectivity index is 1.00. The zero-order valence-electron chi connectivity index (χ0n) is 35.0.